The van der Waals surface area contributed by atoms with Crippen molar-refractivity contribution in [3.63, 3.8) is 0 Å². The number of hydrogen-bond donors (Lipinski definition) is 1. The van der Waals surface area contributed by atoms with Crippen molar-refractivity contribution in [2.75, 3.05) is 39.5 Å². The molecule has 0 aromatic rings. The van der Waals surface area contributed by atoms with Crippen molar-refractivity contribution >= 4 is 0 Å². The van der Waals surface area contributed by atoms with Gasteiger partial charge in [0.05, 0.1) is 18.3 Å². The maximum absolute atomic E-state index is 9.70. The fourth-order valence-electron chi connectivity index (χ4n) is 2.68. The van der Waals surface area contributed by atoms with Crippen molar-refractivity contribution < 1.29 is 14.6 Å². The molecule has 1 spiro atoms. The van der Waals surface area contributed by atoms with E-state index in [2.05, 4.69) is 4.90 Å². The molecule has 0 aliphatic carbocycles. The van der Waals surface area contributed by atoms with Crippen LogP contribution in [0.25, 0.3) is 0 Å². The third kappa shape index (κ3) is 3.65. The molecule has 2 saturated heterocycles. The molecule has 2 fully saturated rings. The van der Waals surface area contributed by atoms with Crippen LogP contribution in [0.1, 0.15) is 32.6 Å². The smallest absolute Gasteiger partial charge is 0.0739 e. The van der Waals surface area contributed by atoms with Gasteiger partial charge in [-0.25, -0.2) is 0 Å². The van der Waals surface area contributed by atoms with Gasteiger partial charge in [-0.1, -0.05) is 6.92 Å². The molecule has 0 unspecified atom stereocenters. The van der Waals surface area contributed by atoms with E-state index in [1.807, 2.05) is 6.92 Å². The first-order chi connectivity index (χ1) is 8.24. The minimum Gasteiger partial charge on any atom is -0.392 e. The van der Waals surface area contributed by atoms with Crippen LogP contribution in [-0.2, 0) is 9.47 Å². The number of β-amino-alcohol motifs (C(OH)–C–C–N with tert-alkyl or cyclic N) is 1. The maximum Gasteiger partial charge on any atom is 0.0739 e. The number of hydrogen-bond acceptors (Lipinski definition) is 4. The van der Waals surface area contributed by atoms with Crippen LogP contribution in [0.5, 0.6) is 0 Å². The molecule has 4 heteroatoms. The molecule has 0 aromatic carbocycles. The molecule has 2 rings (SSSR count). The van der Waals surface area contributed by atoms with E-state index in [1.165, 1.54) is 0 Å². The quantitative estimate of drug-likeness (QED) is 0.804. The van der Waals surface area contributed by atoms with Crippen LogP contribution in [0.2, 0.25) is 0 Å². The fourth-order valence-corrected chi connectivity index (χ4v) is 2.68. The Morgan fingerprint density at radius 2 is 1.94 bits per heavy atom. The second kappa shape index (κ2) is 6.14. The van der Waals surface area contributed by atoms with Gasteiger partial charge in [-0.3, -0.25) is 4.90 Å². The highest BCUT2D eigenvalue weighted by atomic mass is 16.5. The van der Waals surface area contributed by atoms with Gasteiger partial charge in [-0.15, -0.1) is 0 Å². The highest BCUT2D eigenvalue weighted by Crippen LogP contribution is 2.30. The molecular formula is C13H25NO3. The van der Waals surface area contributed by atoms with Crippen LogP contribution < -0.4 is 0 Å². The zero-order chi connectivity index (χ0) is 12.1. The molecule has 1 N–H and O–H groups in total. The van der Waals surface area contributed by atoms with Crippen LogP contribution in [-0.4, -0.2) is 61.2 Å². The summed E-state index contributed by atoms with van der Waals surface area (Å²) in [5.74, 6) is 0. The number of nitrogens with zero attached hydrogens (tertiary/aromatic N) is 1. The predicted octanol–water partition coefficient (Wildman–Crippen LogP) is 1.03. The third-order valence-corrected chi connectivity index (χ3v) is 4.04. The van der Waals surface area contributed by atoms with Crippen molar-refractivity contribution in [3.8, 4) is 0 Å². The summed E-state index contributed by atoms with van der Waals surface area (Å²) in [6.45, 7) is 7.24. The molecule has 0 aromatic heterocycles. The third-order valence-electron chi connectivity index (χ3n) is 4.04. The van der Waals surface area contributed by atoms with Crippen LogP contribution in [0.3, 0.4) is 0 Å². The SMILES string of the molecule is CC[C@H](O)CN1CCOC2(CCOCC2)CC1. The topological polar surface area (TPSA) is 41.9 Å². The first kappa shape index (κ1) is 13.3. The van der Waals surface area contributed by atoms with Crippen molar-refractivity contribution in [1.29, 1.82) is 0 Å². The van der Waals surface area contributed by atoms with E-state index >= 15 is 0 Å². The van der Waals surface area contributed by atoms with Gasteiger partial charge in [0, 0.05) is 32.8 Å². The van der Waals surface area contributed by atoms with E-state index in [-0.39, 0.29) is 11.7 Å². The Balaban J connectivity index is 1.84. The fraction of sp³-hybridized carbons (Fsp3) is 1.00. The van der Waals surface area contributed by atoms with Gasteiger partial charge in [-0.2, -0.15) is 0 Å². The summed E-state index contributed by atoms with van der Waals surface area (Å²) >= 11 is 0. The molecule has 0 radical (unpaired) electrons. The van der Waals surface area contributed by atoms with Gasteiger partial charge < -0.3 is 14.6 Å². The maximum atomic E-state index is 9.70. The summed E-state index contributed by atoms with van der Waals surface area (Å²) in [6, 6.07) is 0. The Kier molecular flexibility index (Phi) is 4.79. The molecule has 0 bridgehead atoms. The average Bonchev–Trinajstić information content (AvgIpc) is 2.54. The standard InChI is InChI=1S/C13H25NO3/c1-2-12(15)11-14-6-3-13(17-10-7-14)4-8-16-9-5-13/h12,15H,2-11H2,1H3/t12-/m0/s1. The summed E-state index contributed by atoms with van der Waals surface area (Å²) in [7, 11) is 0. The number of rotatable bonds is 3. The van der Waals surface area contributed by atoms with Crippen LogP contribution >= 0.6 is 0 Å². The summed E-state index contributed by atoms with van der Waals surface area (Å²) in [4.78, 5) is 2.33. The lowest BCUT2D eigenvalue weighted by atomic mass is 9.90. The van der Waals surface area contributed by atoms with Crippen molar-refractivity contribution in [2.45, 2.75) is 44.3 Å². The molecule has 17 heavy (non-hydrogen) atoms. The Hall–Kier alpha value is -0.160. The van der Waals surface area contributed by atoms with Crippen LogP contribution in [0.15, 0.2) is 0 Å². The zero-order valence-corrected chi connectivity index (χ0v) is 10.9. The van der Waals surface area contributed by atoms with Crippen molar-refractivity contribution in [1.82, 2.24) is 4.90 Å². The Morgan fingerprint density at radius 3 is 2.65 bits per heavy atom. The second-order valence-corrected chi connectivity index (χ2v) is 5.26. The molecule has 2 aliphatic rings. The molecule has 0 saturated carbocycles. The second-order valence-electron chi connectivity index (χ2n) is 5.26. The molecule has 2 heterocycles. The molecule has 0 amide bonds. The van der Waals surface area contributed by atoms with E-state index in [9.17, 15) is 5.11 Å². The lowest BCUT2D eigenvalue weighted by Gasteiger charge is -2.36. The Morgan fingerprint density at radius 1 is 1.18 bits per heavy atom. The van der Waals surface area contributed by atoms with Gasteiger partial charge in [0.2, 0.25) is 0 Å². The van der Waals surface area contributed by atoms with Gasteiger partial charge in [-0.05, 0) is 25.7 Å². The zero-order valence-electron chi connectivity index (χ0n) is 10.9. The van der Waals surface area contributed by atoms with Crippen molar-refractivity contribution in [3.05, 3.63) is 0 Å². The minimum absolute atomic E-state index is 0.0597. The first-order valence-electron chi connectivity index (χ1n) is 6.86. The van der Waals surface area contributed by atoms with E-state index in [0.717, 1.165) is 65.1 Å². The highest BCUT2D eigenvalue weighted by Gasteiger charge is 2.35. The normalized spacial score (nSPS) is 27.9. The molecular weight excluding hydrogens is 218 g/mol. The summed E-state index contributed by atoms with van der Waals surface area (Å²) in [6.07, 6.45) is 3.76. The van der Waals surface area contributed by atoms with E-state index in [4.69, 9.17) is 9.47 Å². The van der Waals surface area contributed by atoms with E-state index in [0.29, 0.717) is 0 Å². The highest BCUT2D eigenvalue weighted by molar-refractivity contribution is 4.87. The van der Waals surface area contributed by atoms with Gasteiger partial charge in [0.1, 0.15) is 0 Å². The van der Waals surface area contributed by atoms with Gasteiger partial charge in [0.25, 0.3) is 0 Å². The van der Waals surface area contributed by atoms with Gasteiger partial charge >= 0.3 is 0 Å². The molecule has 100 valence electrons. The lowest BCUT2D eigenvalue weighted by Crippen LogP contribution is -2.40. The van der Waals surface area contributed by atoms with Gasteiger partial charge in [0.15, 0.2) is 0 Å². The number of aliphatic hydroxyl groups excluding tert-OH is 1. The monoisotopic (exact) mass is 243 g/mol. The molecule has 2 aliphatic heterocycles. The lowest BCUT2D eigenvalue weighted by molar-refractivity contribution is -0.105. The molecule has 1 atom stereocenters. The van der Waals surface area contributed by atoms with Crippen molar-refractivity contribution in [2.24, 2.45) is 0 Å². The summed E-state index contributed by atoms with van der Waals surface area (Å²) in [5, 5.41) is 9.70. The Labute approximate surface area is 104 Å². The average molecular weight is 243 g/mol. The predicted molar refractivity (Wildman–Crippen MR) is 66.1 cm³/mol. The summed E-state index contributed by atoms with van der Waals surface area (Å²) < 4.78 is 11.5. The molecule has 4 nitrogen and oxygen atoms in total. The first-order valence-corrected chi connectivity index (χ1v) is 6.86. The van der Waals surface area contributed by atoms with E-state index < -0.39 is 0 Å². The van der Waals surface area contributed by atoms with Crippen LogP contribution in [0, 0.1) is 0 Å². The van der Waals surface area contributed by atoms with Crippen LogP contribution in [0.4, 0.5) is 0 Å². The van der Waals surface area contributed by atoms with E-state index in [1.54, 1.807) is 0 Å². The summed E-state index contributed by atoms with van der Waals surface area (Å²) in [5.41, 5.74) is 0.0597. The number of ether oxygens (including phenoxy) is 2. The number of aliphatic hydroxyl groups is 1. The minimum atomic E-state index is -0.196. The largest absolute Gasteiger partial charge is 0.392 e. The Bertz CT molecular complexity index is 229.